The topological polar surface area (TPSA) is 100 Å². The lowest BCUT2D eigenvalue weighted by molar-refractivity contribution is 0.0716. The van der Waals surface area contributed by atoms with E-state index in [1.54, 1.807) is 24.3 Å². The first-order valence-electron chi connectivity index (χ1n) is 9.32. The van der Waals surface area contributed by atoms with Crippen molar-refractivity contribution in [2.24, 2.45) is 0 Å². The second-order valence-electron chi connectivity index (χ2n) is 7.08. The van der Waals surface area contributed by atoms with Crippen molar-refractivity contribution in [3.8, 4) is 11.5 Å². The molecule has 150 valence electrons. The average Bonchev–Trinajstić information content (AvgIpc) is 2.99. The van der Waals surface area contributed by atoms with Crippen molar-refractivity contribution in [1.29, 1.82) is 0 Å². The van der Waals surface area contributed by atoms with Crippen LogP contribution in [-0.4, -0.2) is 41.3 Å². The van der Waals surface area contributed by atoms with Gasteiger partial charge in [0.05, 0.1) is 24.1 Å². The van der Waals surface area contributed by atoms with Gasteiger partial charge >= 0.3 is 0 Å². The molecule has 0 spiro atoms. The van der Waals surface area contributed by atoms with Crippen LogP contribution in [-0.2, 0) is 0 Å². The molecule has 0 bridgehead atoms. The first-order valence-corrected chi connectivity index (χ1v) is 9.32. The van der Waals surface area contributed by atoms with Crippen LogP contribution in [0, 0.1) is 6.92 Å². The molecule has 1 aliphatic rings. The lowest BCUT2D eigenvalue weighted by Gasteiger charge is -2.25. The number of fused-ring (bicyclic) bond motifs is 2. The summed E-state index contributed by atoms with van der Waals surface area (Å²) in [7, 11) is 1.43. The lowest BCUT2D eigenvalue weighted by atomic mass is 9.97. The number of benzene rings is 2. The molecular weight excluding hydrogens is 374 g/mol. The molecule has 0 radical (unpaired) electrons. The summed E-state index contributed by atoms with van der Waals surface area (Å²) in [5.41, 5.74) is 1.89. The fraction of sp³-hybridized carbons (Fsp3) is 0.273. The van der Waals surface area contributed by atoms with Crippen molar-refractivity contribution in [1.82, 2.24) is 4.90 Å². The molecule has 2 N–H and O–H groups in total. The van der Waals surface area contributed by atoms with E-state index >= 15 is 0 Å². The number of aliphatic hydroxyl groups is 1. The molecule has 29 heavy (non-hydrogen) atoms. The zero-order valence-corrected chi connectivity index (χ0v) is 16.1. The molecule has 2 aromatic carbocycles. The zero-order valence-electron chi connectivity index (χ0n) is 16.1. The highest BCUT2D eigenvalue weighted by Crippen LogP contribution is 2.40. The van der Waals surface area contributed by atoms with Crippen LogP contribution in [0.2, 0.25) is 0 Å². The average molecular weight is 395 g/mol. The van der Waals surface area contributed by atoms with E-state index in [2.05, 4.69) is 0 Å². The number of aryl methyl sites for hydroxylation is 1. The molecule has 0 aliphatic carbocycles. The van der Waals surface area contributed by atoms with Crippen molar-refractivity contribution in [3.63, 3.8) is 0 Å². The number of methoxy groups -OCH3 is 1. The summed E-state index contributed by atoms with van der Waals surface area (Å²) in [5, 5.41) is 19.6. The maximum Gasteiger partial charge on any atom is 0.290 e. The summed E-state index contributed by atoms with van der Waals surface area (Å²) in [6, 6.07) is 9.28. The summed E-state index contributed by atoms with van der Waals surface area (Å²) < 4.78 is 11.1. The number of nitrogens with zero attached hydrogens (tertiary/aromatic N) is 1. The predicted molar refractivity (Wildman–Crippen MR) is 106 cm³/mol. The molecule has 0 saturated carbocycles. The smallest absolute Gasteiger partial charge is 0.290 e. The Morgan fingerprint density at radius 2 is 1.97 bits per heavy atom. The standard InChI is InChI=1S/C22H21NO6/c1-12-4-7-16-14(10-12)20(26)18-19(13-5-6-15(25)17(11-13)28-2)23(8-3-9-24)22(27)21(18)29-16/h4-7,10-11,19,24-25H,3,8-9H2,1-2H3. The molecular formula is C22H21NO6. The number of phenols is 1. The molecule has 1 amide bonds. The largest absolute Gasteiger partial charge is 0.504 e. The van der Waals surface area contributed by atoms with Crippen molar-refractivity contribution in [2.45, 2.75) is 19.4 Å². The Bertz CT molecular complexity index is 1170. The van der Waals surface area contributed by atoms with Gasteiger partial charge in [0.25, 0.3) is 5.91 Å². The van der Waals surface area contributed by atoms with Crippen LogP contribution in [0.5, 0.6) is 11.5 Å². The van der Waals surface area contributed by atoms with Crippen LogP contribution in [0.4, 0.5) is 0 Å². The van der Waals surface area contributed by atoms with Crippen molar-refractivity contribution < 1.29 is 24.2 Å². The van der Waals surface area contributed by atoms with E-state index in [1.807, 2.05) is 13.0 Å². The Hall–Kier alpha value is -3.32. The van der Waals surface area contributed by atoms with Crippen LogP contribution in [0.25, 0.3) is 11.0 Å². The quantitative estimate of drug-likeness (QED) is 0.689. The van der Waals surface area contributed by atoms with Gasteiger partial charge < -0.3 is 24.3 Å². The van der Waals surface area contributed by atoms with Crippen molar-refractivity contribution >= 4 is 16.9 Å². The van der Waals surface area contributed by atoms with Crippen LogP contribution < -0.4 is 10.2 Å². The third-order valence-electron chi connectivity index (χ3n) is 5.20. The second-order valence-corrected chi connectivity index (χ2v) is 7.08. The molecule has 3 aromatic rings. The molecule has 7 heteroatoms. The Balaban J connectivity index is 1.98. The lowest BCUT2D eigenvalue weighted by Crippen LogP contribution is -2.31. The van der Waals surface area contributed by atoms with E-state index in [-0.39, 0.29) is 41.4 Å². The summed E-state index contributed by atoms with van der Waals surface area (Å²) >= 11 is 0. The van der Waals surface area contributed by atoms with Gasteiger partial charge in [-0.3, -0.25) is 9.59 Å². The fourth-order valence-corrected chi connectivity index (χ4v) is 3.82. The van der Waals surface area contributed by atoms with Crippen LogP contribution in [0.1, 0.15) is 39.7 Å². The summed E-state index contributed by atoms with van der Waals surface area (Å²) in [5.74, 6) is -0.179. The molecule has 1 aromatic heterocycles. The van der Waals surface area contributed by atoms with E-state index < -0.39 is 11.9 Å². The van der Waals surface area contributed by atoms with Gasteiger partial charge in [-0.25, -0.2) is 0 Å². The normalized spacial score (nSPS) is 15.8. The molecule has 4 rings (SSSR count). The summed E-state index contributed by atoms with van der Waals surface area (Å²) in [4.78, 5) is 28.0. The van der Waals surface area contributed by atoms with E-state index in [0.29, 0.717) is 23.0 Å². The maximum atomic E-state index is 13.4. The van der Waals surface area contributed by atoms with E-state index in [1.165, 1.54) is 18.1 Å². The number of carbonyl (C=O) groups is 1. The minimum atomic E-state index is -0.695. The van der Waals surface area contributed by atoms with Crippen LogP contribution >= 0.6 is 0 Å². The Morgan fingerprint density at radius 1 is 1.17 bits per heavy atom. The van der Waals surface area contributed by atoms with E-state index in [9.17, 15) is 19.8 Å². The molecule has 0 fully saturated rings. The van der Waals surface area contributed by atoms with Gasteiger partial charge in [-0.15, -0.1) is 0 Å². The minimum Gasteiger partial charge on any atom is -0.504 e. The number of hydrogen-bond donors (Lipinski definition) is 2. The van der Waals surface area contributed by atoms with Gasteiger partial charge in [0.2, 0.25) is 5.76 Å². The van der Waals surface area contributed by atoms with E-state index in [0.717, 1.165) is 5.56 Å². The van der Waals surface area contributed by atoms with E-state index in [4.69, 9.17) is 9.15 Å². The highest BCUT2D eigenvalue weighted by molar-refractivity contribution is 5.99. The fourth-order valence-electron chi connectivity index (χ4n) is 3.82. The number of aromatic hydroxyl groups is 1. The van der Waals surface area contributed by atoms with Crippen molar-refractivity contribution in [3.05, 3.63) is 69.1 Å². The number of carbonyl (C=O) groups excluding carboxylic acids is 1. The van der Waals surface area contributed by atoms with Gasteiger partial charge in [-0.05, 0) is 43.2 Å². The summed E-state index contributed by atoms with van der Waals surface area (Å²) in [6.07, 6.45) is 0.359. The van der Waals surface area contributed by atoms with Crippen molar-refractivity contribution in [2.75, 3.05) is 20.3 Å². The highest BCUT2D eigenvalue weighted by Gasteiger charge is 2.42. The Morgan fingerprint density at radius 3 is 2.69 bits per heavy atom. The third kappa shape index (κ3) is 3.03. The van der Waals surface area contributed by atoms with Gasteiger partial charge in [0.15, 0.2) is 16.9 Å². The van der Waals surface area contributed by atoms with Gasteiger partial charge in [0, 0.05) is 13.2 Å². The third-order valence-corrected chi connectivity index (χ3v) is 5.20. The summed E-state index contributed by atoms with van der Waals surface area (Å²) in [6.45, 7) is 2.05. The van der Waals surface area contributed by atoms with Gasteiger partial charge in [0.1, 0.15) is 5.58 Å². The van der Waals surface area contributed by atoms with Crippen LogP contribution in [0.3, 0.4) is 0 Å². The molecule has 1 aliphatic heterocycles. The first-order chi connectivity index (χ1) is 14.0. The SMILES string of the molecule is COc1cc(C2c3c(oc4ccc(C)cc4c3=O)C(=O)N2CCCO)ccc1O. The number of rotatable bonds is 5. The van der Waals surface area contributed by atoms with Gasteiger partial charge in [-0.1, -0.05) is 17.7 Å². The number of ether oxygens (including phenoxy) is 1. The minimum absolute atomic E-state index is 0.0151. The first kappa shape index (κ1) is 19.0. The molecule has 1 unspecified atom stereocenters. The monoisotopic (exact) mass is 395 g/mol. The molecule has 2 heterocycles. The number of amides is 1. The molecule has 0 saturated heterocycles. The highest BCUT2D eigenvalue weighted by atomic mass is 16.5. The Labute approximate surface area is 166 Å². The number of hydrogen-bond acceptors (Lipinski definition) is 6. The molecule has 1 atom stereocenters. The number of aliphatic hydroxyl groups excluding tert-OH is 1. The Kier molecular flexibility index (Phi) is 4.76. The maximum absolute atomic E-state index is 13.4. The van der Waals surface area contributed by atoms with Crippen LogP contribution in [0.15, 0.2) is 45.6 Å². The zero-order chi connectivity index (χ0) is 20.7. The second kappa shape index (κ2) is 7.25. The van der Waals surface area contributed by atoms with Gasteiger partial charge in [-0.2, -0.15) is 0 Å². The predicted octanol–water partition coefficient (Wildman–Crippen LogP) is 2.74. The number of phenolic OH excluding ortho intramolecular Hbond substituents is 1. The molecule has 7 nitrogen and oxygen atoms in total.